The van der Waals surface area contributed by atoms with Crippen molar-refractivity contribution in [1.82, 2.24) is 0 Å². The molecular formula is C15H22FNO. The number of rotatable bonds is 2. The summed E-state index contributed by atoms with van der Waals surface area (Å²) in [7, 11) is 0. The van der Waals surface area contributed by atoms with Crippen molar-refractivity contribution in [3.05, 3.63) is 24.0 Å². The molecule has 0 radical (unpaired) electrons. The molecule has 0 aromatic heterocycles. The molecule has 1 aromatic carbocycles. The molecule has 0 saturated heterocycles. The predicted molar refractivity (Wildman–Crippen MR) is 72.0 cm³/mol. The molecule has 100 valence electrons. The first-order valence-electron chi connectivity index (χ1n) is 6.57. The first kappa shape index (κ1) is 13.2. The van der Waals surface area contributed by atoms with Crippen LogP contribution in [0, 0.1) is 17.2 Å². The fourth-order valence-corrected chi connectivity index (χ4v) is 3.14. The summed E-state index contributed by atoms with van der Waals surface area (Å²) in [5.41, 5.74) is 6.61. The van der Waals surface area contributed by atoms with Gasteiger partial charge in [-0.3, -0.25) is 0 Å². The highest BCUT2D eigenvalue weighted by Crippen LogP contribution is 2.40. The van der Waals surface area contributed by atoms with Crippen molar-refractivity contribution >= 4 is 5.69 Å². The molecule has 2 N–H and O–H groups in total. The topological polar surface area (TPSA) is 35.2 Å². The van der Waals surface area contributed by atoms with Crippen LogP contribution in [0.2, 0.25) is 0 Å². The summed E-state index contributed by atoms with van der Waals surface area (Å²) in [6.45, 7) is 6.76. The Hall–Kier alpha value is -1.25. The zero-order chi connectivity index (χ0) is 13.3. The van der Waals surface area contributed by atoms with Crippen LogP contribution in [0.25, 0.3) is 0 Å². The van der Waals surface area contributed by atoms with Gasteiger partial charge in [0.15, 0.2) is 0 Å². The normalized spacial score (nSPS) is 26.9. The Morgan fingerprint density at radius 3 is 2.72 bits per heavy atom. The van der Waals surface area contributed by atoms with Gasteiger partial charge >= 0.3 is 0 Å². The predicted octanol–water partition coefficient (Wildman–Crippen LogP) is 4.00. The maximum atomic E-state index is 13.2. The van der Waals surface area contributed by atoms with Crippen LogP contribution in [0.15, 0.2) is 18.2 Å². The van der Waals surface area contributed by atoms with Crippen LogP contribution in [0.4, 0.5) is 10.1 Å². The van der Waals surface area contributed by atoms with Crippen LogP contribution in [0.5, 0.6) is 5.75 Å². The van der Waals surface area contributed by atoms with Crippen LogP contribution < -0.4 is 10.5 Å². The lowest BCUT2D eigenvalue weighted by atomic mass is 9.71. The van der Waals surface area contributed by atoms with Crippen molar-refractivity contribution in [2.75, 3.05) is 5.73 Å². The highest BCUT2D eigenvalue weighted by atomic mass is 19.1. The number of anilines is 1. The smallest absolute Gasteiger partial charge is 0.145 e. The van der Waals surface area contributed by atoms with E-state index in [0.29, 0.717) is 17.4 Å². The van der Waals surface area contributed by atoms with E-state index in [2.05, 4.69) is 20.8 Å². The molecule has 1 fully saturated rings. The summed E-state index contributed by atoms with van der Waals surface area (Å²) in [5, 5.41) is 0. The number of hydrogen-bond acceptors (Lipinski definition) is 2. The Kier molecular flexibility index (Phi) is 3.51. The van der Waals surface area contributed by atoms with Gasteiger partial charge in [0.25, 0.3) is 0 Å². The Morgan fingerprint density at radius 2 is 2.06 bits per heavy atom. The van der Waals surface area contributed by atoms with Gasteiger partial charge in [0, 0.05) is 6.07 Å². The van der Waals surface area contributed by atoms with Gasteiger partial charge in [0.1, 0.15) is 11.6 Å². The largest absolute Gasteiger partial charge is 0.488 e. The zero-order valence-electron chi connectivity index (χ0n) is 11.4. The first-order chi connectivity index (χ1) is 8.35. The lowest BCUT2D eigenvalue weighted by molar-refractivity contribution is 0.0565. The van der Waals surface area contributed by atoms with Gasteiger partial charge < -0.3 is 10.5 Å². The van der Waals surface area contributed by atoms with E-state index in [-0.39, 0.29) is 17.3 Å². The number of benzene rings is 1. The molecular weight excluding hydrogens is 229 g/mol. The quantitative estimate of drug-likeness (QED) is 0.806. The maximum absolute atomic E-state index is 13.2. The third-order valence-electron chi connectivity index (χ3n) is 3.62. The molecule has 0 aliphatic heterocycles. The summed E-state index contributed by atoms with van der Waals surface area (Å²) < 4.78 is 19.1. The monoisotopic (exact) mass is 251 g/mol. The second-order valence-electron chi connectivity index (χ2n) is 6.34. The Labute approximate surface area is 108 Å². The molecule has 0 heterocycles. The molecule has 0 spiro atoms. The molecule has 1 aliphatic carbocycles. The van der Waals surface area contributed by atoms with Crippen LogP contribution >= 0.6 is 0 Å². The lowest BCUT2D eigenvalue weighted by Gasteiger charge is -2.39. The van der Waals surface area contributed by atoms with Crippen molar-refractivity contribution in [3.63, 3.8) is 0 Å². The zero-order valence-corrected chi connectivity index (χ0v) is 11.4. The molecule has 2 unspecified atom stereocenters. The van der Waals surface area contributed by atoms with Crippen molar-refractivity contribution < 1.29 is 9.13 Å². The minimum atomic E-state index is -0.303. The van der Waals surface area contributed by atoms with Crippen molar-refractivity contribution in [3.8, 4) is 5.75 Å². The highest BCUT2D eigenvalue weighted by molar-refractivity contribution is 5.52. The standard InChI is InChI=1S/C15H22FNO/c1-10-6-12(9-15(2,3)8-10)18-14-7-11(16)4-5-13(14)17/h4-5,7,10,12H,6,8-9,17H2,1-3H3. The third-order valence-corrected chi connectivity index (χ3v) is 3.62. The SMILES string of the molecule is CC1CC(Oc2cc(F)ccc2N)CC(C)(C)C1. The second kappa shape index (κ2) is 4.79. The van der Waals surface area contributed by atoms with E-state index in [1.807, 2.05) is 0 Å². The Balaban J connectivity index is 2.11. The van der Waals surface area contributed by atoms with Gasteiger partial charge in [0.05, 0.1) is 11.8 Å². The third kappa shape index (κ3) is 3.15. The fraction of sp³-hybridized carbons (Fsp3) is 0.600. The first-order valence-corrected chi connectivity index (χ1v) is 6.57. The summed E-state index contributed by atoms with van der Waals surface area (Å²) in [5.74, 6) is 0.806. The molecule has 1 saturated carbocycles. The van der Waals surface area contributed by atoms with Gasteiger partial charge in [-0.15, -0.1) is 0 Å². The number of ether oxygens (including phenoxy) is 1. The molecule has 1 aliphatic rings. The minimum absolute atomic E-state index is 0.132. The Morgan fingerprint density at radius 1 is 1.33 bits per heavy atom. The second-order valence-corrected chi connectivity index (χ2v) is 6.34. The summed E-state index contributed by atoms with van der Waals surface area (Å²) in [6.07, 6.45) is 3.35. The highest BCUT2D eigenvalue weighted by Gasteiger charge is 2.33. The average Bonchev–Trinajstić information content (AvgIpc) is 2.20. The molecule has 0 bridgehead atoms. The van der Waals surface area contributed by atoms with Gasteiger partial charge in [-0.25, -0.2) is 4.39 Å². The Bertz CT molecular complexity index is 431. The van der Waals surface area contributed by atoms with Gasteiger partial charge in [-0.05, 0) is 42.7 Å². The van der Waals surface area contributed by atoms with Gasteiger partial charge in [0.2, 0.25) is 0 Å². The van der Waals surface area contributed by atoms with E-state index in [4.69, 9.17) is 10.5 Å². The average molecular weight is 251 g/mol. The van der Waals surface area contributed by atoms with E-state index in [0.717, 1.165) is 12.8 Å². The van der Waals surface area contributed by atoms with Crippen LogP contribution in [-0.2, 0) is 0 Å². The van der Waals surface area contributed by atoms with Crippen molar-refractivity contribution in [2.45, 2.75) is 46.1 Å². The molecule has 1 aromatic rings. The summed E-state index contributed by atoms with van der Waals surface area (Å²) in [4.78, 5) is 0. The van der Waals surface area contributed by atoms with Crippen LogP contribution in [0.3, 0.4) is 0 Å². The fourth-order valence-electron chi connectivity index (χ4n) is 3.14. The summed E-state index contributed by atoms with van der Waals surface area (Å²) in [6, 6.07) is 4.29. The van der Waals surface area contributed by atoms with E-state index < -0.39 is 0 Å². The number of halogens is 1. The van der Waals surface area contributed by atoms with Crippen molar-refractivity contribution in [2.24, 2.45) is 11.3 Å². The van der Waals surface area contributed by atoms with Gasteiger partial charge in [-0.2, -0.15) is 0 Å². The van der Waals surface area contributed by atoms with Crippen molar-refractivity contribution in [1.29, 1.82) is 0 Å². The van der Waals surface area contributed by atoms with E-state index in [1.54, 1.807) is 6.07 Å². The number of nitrogen functional groups attached to an aromatic ring is 1. The van der Waals surface area contributed by atoms with E-state index in [1.165, 1.54) is 18.6 Å². The van der Waals surface area contributed by atoms with Gasteiger partial charge in [-0.1, -0.05) is 20.8 Å². The molecule has 2 atom stereocenters. The molecule has 0 amide bonds. The number of hydrogen-bond donors (Lipinski definition) is 1. The van der Waals surface area contributed by atoms with Crippen LogP contribution in [0.1, 0.15) is 40.0 Å². The van der Waals surface area contributed by atoms with E-state index in [9.17, 15) is 4.39 Å². The summed E-state index contributed by atoms with van der Waals surface area (Å²) >= 11 is 0. The minimum Gasteiger partial charge on any atom is -0.488 e. The number of nitrogens with two attached hydrogens (primary N) is 1. The lowest BCUT2D eigenvalue weighted by Crippen LogP contribution is -2.34. The van der Waals surface area contributed by atoms with Crippen LogP contribution in [-0.4, -0.2) is 6.10 Å². The van der Waals surface area contributed by atoms with E-state index >= 15 is 0 Å². The molecule has 3 heteroatoms. The molecule has 18 heavy (non-hydrogen) atoms. The molecule has 2 rings (SSSR count). The maximum Gasteiger partial charge on any atom is 0.145 e. The molecule has 2 nitrogen and oxygen atoms in total.